The summed E-state index contributed by atoms with van der Waals surface area (Å²) in [5.41, 5.74) is 7.82. The second-order valence-corrected chi connectivity index (χ2v) is 6.21. The summed E-state index contributed by atoms with van der Waals surface area (Å²) in [7, 11) is 0. The van der Waals surface area contributed by atoms with Crippen LogP contribution in [0.25, 0.3) is 0 Å². The van der Waals surface area contributed by atoms with Crippen LogP contribution in [0.5, 0.6) is 0 Å². The van der Waals surface area contributed by atoms with Crippen LogP contribution < -0.4 is 16.4 Å². The second kappa shape index (κ2) is 5.66. The van der Waals surface area contributed by atoms with Crippen molar-refractivity contribution in [2.75, 3.05) is 5.32 Å². The summed E-state index contributed by atoms with van der Waals surface area (Å²) < 4.78 is 0. The van der Waals surface area contributed by atoms with Crippen molar-refractivity contribution in [2.45, 2.75) is 44.2 Å². The van der Waals surface area contributed by atoms with E-state index in [0.29, 0.717) is 22.7 Å². The summed E-state index contributed by atoms with van der Waals surface area (Å²) in [6.07, 6.45) is 3.96. The van der Waals surface area contributed by atoms with Gasteiger partial charge in [-0.25, -0.2) is 0 Å². The topological polar surface area (TPSA) is 84.2 Å². The van der Waals surface area contributed by atoms with Crippen LogP contribution in [0.1, 0.15) is 41.6 Å². The Labute approximate surface area is 128 Å². The summed E-state index contributed by atoms with van der Waals surface area (Å²) in [5.74, 6) is -0.248. The largest absolute Gasteiger partial charge is 0.349 e. The molecule has 0 aromatic heterocycles. The van der Waals surface area contributed by atoms with Crippen LogP contribution >= 0.6 is 11.6 Å². The lowest BCUT2D eigenvalue weighted by Gasteiger charge is -2.27. The number of fused-ring (bicyclic) bond motifs is 1. The molecule has 0 radical (unpaired) electrons. The van der Waals surface area contributed by atoms with E-state index >= 15 is 0 Å². The van der Waals surface area contributed by atoms with Crippen molar-refractivity contribution >= 4 is 29.1 Å². The standard InChI is InChI=1S/C15H18ClN3O2/c16-12-7-13-8(6-14(20)19-13)5-11(12)15(21)18-10-3-1-9(17)2-4-10/h5,7,9-10H,1-4,6,17H2,(H,18,21)(H,19,20). The molecule has 5 nitrogen and oxygen atoms in total. The van der Waals surface area contributed by atoms with Crippen LogP contribution in [-0.2, 0) is 11.2 Å². The van der Waals surface area contributed by atoms with Gasteiger partial charge in [0, 0.05) is 17.8 Å². The molecule has 1 aliphatic heterocycles. The number of nitrogens with one attached hydrogen (secondary N) is 2. The van der Waals surface area contributed by atoms with E-state index in [1.165, 1.54) is 0 Å². The summed E-state index contributed by atoms with van der Waals surface area (Å²) in [5, 5.41) is 6.10. The van der Waals surface area contributed by atoms with Crippen molar-refractivity contribution in [3.05, 3.63) is 28.3 Å². The summed E-state index contributed by atoms with van der Waals surface area (Å²) in [6.45, 7) is 0. The van der Waals surface area contributed by atoms with Crippen molar-refractivity contribution in [3.8, 4) is 0 Å². The highest BCUT2D eigenvalue weighted by molar-refractivity contribution is 6.34. The van der Waals surface area contributed by atoms with Gasteiger partial charge in [-0.1, -0.05) is 11.6 Å². The molecule has 1 aromatic carbocycles. The number of amides is 2. The maximum absolute atomic E-state index is 12.4. The van der Waals surface area contributed by atoms with Crippen molar-refractivity contribution in [1.29, 1.82) is 0 Å². The molecular weight excluding hydrogens is 290 g/mol. The fraction of sp³-hybridized carbons (Fsp3) is 0.467. The van der Waals surface area contributed by atoms with E-state index in [1.54, 1.807) is 12.1 Å². The van der Waals surface area contributed by atoms with Gasteiger partial charge in [-0.15, -0.1) is 0 Å². The average Bonchev–Trinajstić information content (AvgIpc) is 2.79. The molecule has 1 heterocycles. The molecule has 0 unspecified atom stereocenters. The highest BCUT2D eigenvalue weighted by Crippen LogP contribution is 2.30. The maximum atomic E-state index is 12.4. The highest BCUT2D eigenvalue weighted by atomic mass is 35.5. The lowest BCUT2D eigenvalue weighted by atomic mass is 9.91. The smallest absolute Gasteiger partial charge is 0.253 e. The first-order valence-corrected chi connectivity index (χ1v) is 7.59. The SMILES string of the molecule is NC1CCC(NC(=O)c2cc3c(cc2Cl)NC(=O)C3)CC1. The van der Waals surface area contributed by atoms with Gasteiger partial charge >= 0.3 is 0 Å². The van der Waals surface area contributed by atoms with Crippen molar-refractivity contribution < 1.29 is 9.59 Å². The zero-order chi connectivity index (χ0) is 15.0. The first kappa shape index (κ1) is 14.4. The number of carbonyl (C=O) groups excluding carboxylic acids is 2. The van der Waals surface area contributed by atoms with E-state index in [0.717, 1.165) is 31.2 Å². The Hall–Kier alpha value is -1.59. The van der Waals surface area contributed by atoms with Crippen molar-refractivity contribution in [3.63, 3.8) is 0 Å². The van der Waals surface area contributed by atoms with E-state index in [2.05, 4.69) is 10.6 Å². The molecule has 0 atom stereocenters. The maximum Gasteiger partial charge on any atom is 0.253 e. The molecule has 0 saturated heterocycles. The van der Waals surface area contributed by atoms with E-state index < -0.39 is 0 Å². The predicted molar refractivity (Wildman–Crippen MR) is 81.5 cm³/mol. The zero-order valence-corrected chi connectivity index (χ0v) is 12.4. The number of benzene rings is 1. The van der Waals surface area contributed by atoms with E-state index in [1.807, 2.05) is 0 Å². The number of rotatable bonds is 2. The Balaban J connectivity index is 1.73. The van der Waals surface area contributed by atoms with Crippen LogP contribution in [0, 0.1) is 0 Å². The van der Waals surface area contributed by atoms with Gasteiger partial charge in [0.05, 0.1) is 17.0 Å². The summed E-state index contributed by atoms with van der Waals surface area (Å²) in [4.78, 5) is 23.7. The first-order valence-electron chi connectivity index (χ1n) is 7.21. The van der Waals surface area contributed by atoms with E-state index in [4.69, 9.17) is 17.3 Å². The van der Waals surface area contributed by atoms with Crippen molar-refractivity contribution in [1.82, 2.24) is 5.32 Å². The number of hydrogen-bond donors (Lipinski definition) is 3. The third-order valence-corrected chi connectivity index (χ3v) is 4.48. The minimum Gasteiger partial charge on any atom is -0.349 e. The molecule has 2 amide bonds. The predicted octanol–water partition coefficient (Wildman–Crippen LogP) is 1.83. The van der Waals surface area contributed by atoms with E-state index in [-0.39, 0.29) is 23.9 Å². The Bertz CT molecular complexity index is 595. The Morgan fingerprint density at radius 3 is 2.71 bits per heavy atom. The molecule has 6 heteroatoms. The van der Waals surface area contributed by atoms with E-state index in [9.17, 15) is 9.59 Å². The monoisotopic (exact) mass is 307 g/mol. The third-order valence-electron chi connectivity index (χ3n) is 4.17. The molecule has 0 bridgehead atoms. The van der Waals surface area contributed by atoms with Gasteiger partial charge in [-0.05, 0) is 43.4 Å². The quantitative estimate of drug-likeness (QED) is 0.779. The molecule has 1 aliphatic carbocycles. The van der Waals surface area contributed by atoms with Crippen LogP contribution in [-0.4, -0.2) is 23.9 Å². The van der Waals surface area contributed by atoms with Gasteiger partial charge in [-0.2, -0.15) is 0 Å². The number of nitrogens with two attached hydrogens (primary N) is 1. The van der Waals surface area contributed by atoms with Gasteiger partial charge in [0.1, 0.15) is 0 Å². The normalized spacial score (nSPS) is 24.4. The van der Waals surface area contributed by atoms with Crippen molar-refractivity contribution in [2.24, 2.45) is 5.73 Å². The van der Waals surface area contributed by atoms with Crippen LogP contribution in [0.3, 0.4) is 0 Å². The van der Waals surface area contributed by atoms with Crippen LogP contribution in [0.4, 0.5) is 5.69 Å². The molecule has 1 fully saturated rings. The Kier molecular flexibility index (Phi) is 3.87. The molecular formula is C15H18ClN3O2. The Morgan fingerprint density at radius 2 is 2.00 bits per heavy atom. The van der Waals surface area contributed by atoms with Crippen LogP contribution in [0.15, 0.2) is 12.1 Å². The van der Waals surface area contributed by atoms with Gasteiger partial charge in [-0.3, -0.25) is 9.59 Å². The molecule has 2 aliphatic rings. The molecule has 1 aromatic rings. The van der Waals surface area contributed by atoms with Gasteiger partial charge in [0.25, 0.3) is 5.91 Å². The minimum atomic E-state index is -0.178. The Morgan fingerprint density at radius 1 is 1.29 bits per heavy atom. The molecule has 112 valence electrons. The van der Waals surface area contributed by atoms with Crippen LogP contribution in [0.2, 0.25) is 5.02 Å². The fourth-order valence-electron chi connectivity index (χ4n) is 2.95. The lowest BCUT2D eigenvalue weighted by molar-refractivity contribution is -0.115. The molecule has 4 N–H and O–H groups in total. The number of hydrogen-bond acceptors (Lipinski definition) is 3. The number of anilines is 1. The number of carbonyl (C=O) groups is 2. The molecule has 21 heavy (non-hydrogen) atoms. The van der Waals surface area contributed by atoms with Gasteiger partial charge in [0.2, 0.25) is 5.91 Å². The average molecular weight is 308 g/mol. The summed E-state index contributed by atoms with van der Waals surface area (Å²) in [6, 6.07) is 3.76. The third kappa shape index (κ3) is 3.04. The first-order chi connectivity index (χ1) is 10.0. The highest BCUT2D eigenvalue weighted by Gasteiger charge is 2.24. The summed E-state index contributed by atoms with van der Waals surface area (Å²) >= 11 is 6.16. The minimum absolute atomic E-state index is 0.0695. The second-order valence-electron chi connectivity index (χ2n) is 5.80. The molecule has 0 spiro atoms. The fourth-order valence-corrected chi connectivity index (χ4v) is 3.20. The van der Waals surface area contributed by atoms with Gasteiger partial charge < -0.3 is 16.4 Å². The molecule has 1 saturated carbocycles. The van der Waals surface area contributed by atoms with Gasteiger partial charge in [0.15, 0.2) is 0 Å². The molecule has 3 rings (SSSR count). The lowest BCUT2D eigenvalue weighted by Crippen LogP contribution is -2.40. The zero-order valence-electron chi connectivity index (χ0n) is 11.6. The number of halogens is 1.